The molecule has 0 radical (unpaired) electrons. The number of hydrogen-bond acceptors (Lipinski definition) is 5. The van der Waals surface area contributed by atoms with E-state index in [0.29, 0.717) is 17.5 Å². The molecule has 0 fully saturated rings. The van der Waals surface area contributed by atoms with E-state index in [4.69, 9.17) is 19.9 Å². The molecule has 5 nitrogen and oxygen atoms in total. The Morgan fingerprint density at radius 2 is 0.946 bits per heavy atom. The number of aromatic nitrogens is 5. The largest absolute Gasteiger partial charge is 0.239 e. The van der Waals surface area contributed by atoms with E-state index in [2.05, 4.69) is 102 Å². The van der Waals surface area contributed by atoms with Crippen LogP contribution < -0.4 is 0 Å². The van der Waals surface area contributed by atoms with Gasteiger partial charge < -0.3 is 0 Å². The maximum atomic E-state index is 5.15. The molecule has 0 atom stereocenters. The predicted octanol–water partition coefficient (Wildman–Crippen LogP) is 12.5. The first-order valence-electron chi connectivity index (χ1n) is 19.1. The lowest BCUT2D eigenvalue weighted by molar-refractivity contribution is 1.00. The predicted molar refractivity (Wildman–Crippen MR) is 230 cm³/mol. The van der Waals surface area contributed by atoms with Gasteiger partial charge in [-0.1, -0.05) is 127 Å². The second-order valence-electron chi connectivity index (χ2n) is 14.5. The van der Waals surface area contributed by atoms with E-state index in [1.54, 1.807) is 0 Å². The Balaban J connectivity index is 1.21. The lowest BCUT2D eigenvalue weighted by atomic mass is 9.85. The van der Waals surface area contributed by atoms with Crippen molar-refractivity contribution >= 4 is 27.6 Å². The monoisotopic (exact) mass is 719 g/mol. The smallest absolute Gasteiger partial charge is 0.164 e. The third-order valence-corrected chi connectivity index (χ3v) is 10.7. The molecule has 0 spiro atoms. The molecule has 0 amide bonds. The van der Waals surface area contributed by atoms with Gasteiger partial charge in [-0.3, -0.25) is 0 Å². The summed E-state index contributed by atoms with van der Waals surface area (Å²) in [5.41, 5.74) is 12.8. The Morgan fingerprint density at radius 3 is 1.64 bits per heavy atom. The van der Waals surface area contributed by atoms with Gasteiger partial charge in [-0.25, -0.2) is 24.9 Å². The molecular formula is C51H37N5. The van der Waals surface area contributed by atoms with Gasteiger partial charge in [-0.05, 0) is 118 Å². The van der Waals surface area contributed by atoms with Gasteiger partial charge in [0.1, 0.15) is 5.82 Å². The molecule has 0 saturated heterocycles. The minimum Gasteiger partial charge on any atom is -0.239 e. The second kappa shape index (κ2) is 13.9. The van der Waals surface area contributed by atoms with E-state index in [0.717, 1.165) is 74.6 Å². The molecular weight excluding hydrogens is 683 g/mol. The molecule has 0 unspecified atom stereocenters. The Hall–Kier alpha value is -7.11. The number of fused-ring (bicyclic) bond motifs is 6. The fourth-order valence-electron chi connectivity index (χ4n) is 8.11. The van der Waals surface area contributed by atoms with Crippen molar-refractivity contribution in [3.63, 3.8) is 0 Å². The third-order valence-electron chi connectivity index (χ3n) is 10.7. The van der Waals surface area contributed by atoms with Crippen LogP contribution in [0.5, 0.6) is 0 Å². The lowest BCUT2D eigenvalue weighted by Crippen LogP contribution is -2.00. The van der Waals surface area contributed by atoms with Crippen LogP contribution in [0.4, 0.5) is 0 Å². The highest BCUT2D eigenvalue weighted by Crippen LogP contribution is 2.40. The van der Waals surface area contributed by atoms with Crippen molar-refractivity contribution in [1.29, 1.82) is 0 Å². The van der Waals surface area contributed by atoms with Gasteiger partial charge in [0.05, 0.1) is 5.69 Å². The summed E-state index contributed by atoms with van der Waals surface area (Å²) in [6.45, 7) is 3.96. The average Bonchev–Trinajstić information content (AvgIpc) is 3.26. The van der Waals surface area contributed by atoms with Crippen molar-refractivity contribution in [1.82, 2.24) is 24.9 Å². The maximum Gasteiger partial charge on any atom is 0.164 e. The van der Waals surface area contributed by atoms with Crippen molar-refractivity contribution in [2.75, 3.05) is 0 Å². The summed E-state index contributed by atoms with van der Waals surface area (Å²) in [6, 6.07) is 53.4. The molecule has 5 heteroatoms. The highest BCUT2D eigenvalue weighted by atomic mass is 15.0. The molecule has 1 aliphatic rings. The summed E-state index contributed by atoms with van der Waals surface area (Å²) in [5, 5.41) is 5.19. The van der Waals surface area contributed by atoms with E-state index in [-0.39, 0.29) is 0 Å². The van der Waals surface area contributed by atoms with Crippen molar-refractivity contribution in [3.8, 4) is 67.7 Å². The second-order valence-corrected chi connectivity index (χ2v) is 14.5. The van der Waals surface area contributed by atoms with E-state index in [1.165, 1.54) is 32.7 Å². The third kappa shape index (κ3) is 6.23. The van der Waals surface area contributed by atoms with Crippen LogP contribution in [0.15, 0.2) is 158 Å². The lowest BCUT2D eigenvalue weighted by Gasteiger charge is -2.19. The van der Waals surface area contributed by atoms with Crippen molar-refractivity contribution in [2.24, 2.45) is 0 Å². The topological polar surface area (TPSA) is 64.5 Å². The molecule has 2 aromatic heterocycles. The molecule has 0 aliphatic heterocycles. The SMILES string of the molecule is Cc1cc(-c2cccc(-c3cc(-c4ccc5c(c4)c4c(c6ccccc65)C=CCC4)cc(-c4nc(-c5ccccc5)nc(-c5ccccc5)n4)c3)c2)nc(C)n1. The minimum atomic E-state index is 0.619. The first kappa shape index (κ1) is 33.5. The zero-order valence-electron chi connectivity index (χ0n) is 31.2. The molecule has 56 heavy (non-hydrogen) atoms. The standard InChI is InChI=1S/C51H37N5/c1-32-26-48(53-33(2)52-32)38-19-13-18-36(27-38)39-28-40(37-24-25-46-44-22-10-9-20-42(44)43-21-11-12-23-45(43)47(46)31-37)30-41(29-39)51-55-49(34-14-5-3-6-15-34)54-50(56-51)35-16-7-4-8-17-35/h3-11,13-22,24-31H,12,23H2,1-2H3. The summed E-state index contributed by atoms with van der Waals surface area (Å²) in [4.78, 5) is 24.6. The van der Waals surface area contributed by atoms with Crippen LogP contribution in [0, 0.1) is 13.8 Å². The summed E-state index contributed by atoms with van der Waals surface area (Å²) < 4.78 is 0. The molecule has 266 valence electrons. The summed E-state index contributed by atoms with van der Waals surface area (Å²) >= 11 is 0. The van der Waals surface area contributed by atoms with Crippen molar-refractivity contribution in [3.05, 3.63) is 180 Å². The quantitative estimate of drug-likeness (QED) is 0.160. The Morgan fingerprint density at radius 1 is 0.393 bits per heavy atom. The fourth-order valence-corrected chi connectivity index (χ4v) is 8.11. The zero-order chi connectivity index (χ0) is 37.6. The minimum absolute atomic E-state index is 0.619. The van der Waals surface area contributed by atoms with Gasteiger partial charge in [0.15, 0.2) is 17.5 Å². The van der Waals surface area contributed by atoms with Crippen LogP contribution in [0.25, 0.3) is 95.3 Å². The maximum absolute atomic E-state index is 5.15. The Bertz CT molecular complexity index is 2910. The van der Waals surface area contributed by atoms with E-state index < -0.39 is 0 Å². The highest BCUT2D eigenvalue weighted by Gasteiger charge is 2.18. The van der Waals surface area contributed by atoms with Crippen LogP contribution in [0.1, 0.15) is 29.1 Å². The van der Waals surface area contributed by atoms with Gasteiger partial charge >= 0.3 is 0 Å². The summed E-state index contributed by atoms with van der Waals surface area (Å²) in [5.74, 6) is 2.65. The molecule has 0 saturated carbocycles. The number of hydrogen-bond donors (Lipinski definition) is 0. The summed E-state index contributed by atoms with van der Waals surface area (Å²) in [7, 11) is 0. The molecule has 1 aliphatic carbocycles. The van der Waals surface area contributed by atoms with E-state index in [1.807, 2.05) is 80.6 Å². The molecule has 10 rings (SSSR count). The van der Waals surface area contributed by atoms with Crippen molar-refractivity contribution in [2.45, 2.75) is 26.7 Å². The number of benzene rings is 7. The normalized spacial score (nSPS) is 12.2. The van der Waals surface area contributed by atoms with E-state index >= 15 is 0 Å². The molecule has 0 N–H and O–H groups in total. The van der Waals surface area contributed by atoms with Gasteiger partial charge in [-0.2, -0.15) is 0 Å². The molecule has 0 bridgehead atoms. The van der Waals surface area contributed by atoms with Crippen LogP contribution in [0.3, 0.4) is 0 Å². The first-order chi connectivity index (χ1) is 27.5. The van der Waals surface area contributed by atoms with Gasteiger partial charge in [0.25, 0.3) is 0 Å². The van der Waals surface area contributed by atoms with Gasteiger partial charge in [-0.15, -0.1) is 0 Å². The number of rotatable bonds is 6. The Kier molecular flexibility index (Phi) is 8.33. The van der Waals surface area contributed by atoms with Crippen LogP contribution in [-0.4, -0.2) is 24.9 Å². The van der Waals surface area contributed by atoms with Crippen molar-refractivity contribution < 1.29 is 0 Å². The van der Waals surface area contributed by atoms with Crippen LogP contribution in [0.2, 0.25) is 0 Å². The van der Waals surface area contributed by atoms with E-state index in [9.17, 15) is 0 Å². The van der Waals surface area contributed by atoms with Crippen LogP contribution >= 0.6 is 0 Å². The number of nitrogens with zero attached hydrogens (tertiary/aromatic N) is 5. The fraction of sp³-hybridized carbons (Fsp3) is 0.0784. The Labute approximate surface area is 326 Å². The van der Waals surface area contributed by atoms with Crippen LogP contribution in [-0.2, 0) is 6.42 Å². The molecule has 2 heterocycles. The number of aryl methyl sites for hydroxylation is 3. The number of allylic oxidation sites excluding steroid dienone is 1. The first-order valence-corrected chi connectivity index (χ1v) is 19.1. The zero-order valence-corrected chi connectivity index (χ0v) is 31.2. The van der Waals surface area contributed by atoms with Gasteiger partial charge in [0.2, 0.25) is 0 Å². The average molecular weight is 720 g/mol. The summed E-state index contributed by atoms with van der Waals surface area (Å²) in [6.07, 6.45) is 6.68. The highest BCUT2D eigenvalue weighted by molar-refractivity contribution is 6.13. The molecule has 7 aromatic carbocycles. The molecule has 9 aromatic rings. The van der Waals surface area contributed by atoms with Gasteiger partial charge in [0, 0.05) is 27.9 Å².